The average Bonchev–Trinajstić information content (AvgIpc) is 2.44. The summed E-state index contributed by atoms with van der Waals surface area (Å²) in [6, 6.07) is 9.69. The third-order valence-electron chi connectivity index (χ3n) is 3.22. The van der Waals surface area contributed by atoms with Gasteiger partial charge in [-0.25, -0.2) is 9.78 Å². The van der Waals surface area contributed by atoms with Crippen LogP contribution in [0, 0.1) is 13.8 Å². The maximum Gasteiger partial charge on any atom is 0.319 e. The SMILES string of the molecule is Cc1ccc(Nc2ccc(NC(=O)NC(C)C)cn2)cc1C. The first kappa shape index (κ1) is 15.8. The molecular weight excluding hydrogens is 276 g/mol. The molecule has 22 heavy (non-hydrogen) atoms. The monoisotopic (exact) mass is 298 g/mol. The van der Waals surface area contributed by atoms with Crippen LogP contribution >= 0.6 is 0 Å². The molecule has 0 spiro atoms. The van der Waals surface area contributed by atoms with Gasteiger partial charge >= 0.3 is 6.03 Å². The molecule has 3 N–H and O–H groups in total. The highest BCUT2D eigenvalue weighted by Gasteiger charge is 2.04. The first-order valence-electron chi connectivity index (χ1n) is 7.32. The fourth-order valence-corrected chi connectivity index (χ4v) is 1.94. The van der Waals surface area contributed by atoms with Crippen LogP contribution in [0.5, 0.6) is 0 Å². The summed E-state index contributed by atoms with van der Waals surface area (Å²) in [5, 5.41) is 8.75. The summed E-state index contributed by atoms with van der Waals surface area (Å²) in [4.78, 5) is 15.9. The van der Waals surface area contributed by atoms with Gasteiger partial charge in [-0.15, -0.1) is 0 Å². The Bertz CT molecular complexity index is 650. The van der Waals surface area contributed by atoms with Crippen molar-refractivity contribution in [1.29, 1.82) is 0 Å². The molecule has 0 aliphatic rings. The number of rotatable bonds is 4. The molecular formula is C17H22N4O. The number of aryl methyl sites for hydroxylation is 2. The summed E-state index contributed by atoms with van der Waals surface area (Å²) in [5.74, 6) is 0.734. The molecule has 5 nitrogen and oxygen atoms in total. The van der Waals surface area contributed by atoms with Crippen molar-refractivity contribution in [3.05, 3.63) is 47.7 Å². The minimum absolute atomic E-state index is 0.0960. The number of urea groups is 1. The number of hydrogen-bond acceptors (Lipinski definition) is 3. The van der Waals surface area contributed by atoms with Gasteiger partial charge in [0.25, 0.3) is 0 Å². The molecule has 0 radical (unpaired) electrons. The van der Waals surface area contributed by atoms with Crippen molar-refractivity contribution in [3.63, 3.8) is 0 Å². The molecule has 0 saturated carbocycles. The number of nitrogens with zero attached hydrogens (tertiary/aromatic N) is 1. The number of carbonyl (C=O) groups is 1. The minimum Gasteiger partial charge on any atom is -0.340 e. The second kappa shape index (κ2) is 6.93. The number of hydrogen-bond donors (Lipinski definition) is 3. The summed E-state index contributed by atoms with van der Waals surface area (Å²) >= 11 is 0. The highest BCUT2D eigenvalue weighted by Crippen LogP contribution is 2.19. The van der Waals surface area contributed by atoms with Crippen molar-refractivity contribution >= 4 is 23.2 Å². The van der Waals surface area contributed by atoms with Crippen molar-refractivity contribution < 1.29 is 4.79 Å². The molecule has 0 atom stereocenters. The molecule has 2 rings (SSSR count). The van der Waals surface area contributed by atoms with Crippen LogP contribution in [0.4, 0.5) is 22.0 Å². The fourth-order valence-electron chi connectivity index (χ4n) is 1.94. The standard InChI is InChI=1S/C17H22N4O/c1-11(2)19-17(22)21-15-7-8-16(18-10-15)20-14-6-5-12(3)13(4)9-14/h5-11H,1-4H3,(H,18,20)(H2,19,21,22). The number of benzene rings is 1. The van der Waals surface area contributed by atoms with Crippen LogP contribution in [0.25, 0.3) is 0 Å². The first-order chi connectivity index (χ1) is 10.4. The summed E-state index contributed by atoms with van der Waals surface area (Å²) < 4.78 is 0. The molecule has 1 aromatic carbocycles. The molecule has 1 aromatic heterocycles. The van der Waals surface area contributed by atoms with Crippen LogP contribution in [0.15, 0.2) is 36.5 Å². The molecule has 0 aliphatic heterocycles. The zero-order valence-corrected chi connectivity index (χ0v) is 13.4. The highest BCUT2D eigenvalue weighted by atomic mass is 16.2. The van der Waals surface area contributed by atoms with Crippen LogP contribution in [0.1, 0.15) is 25.0 Å². The predicted molar refractivity (Wildman–Crippen MR) is 90.7 cm³/mol. The van der Waals surface area contributed by atoms with Crippen LogP contribution in [0.2, 0.25) is 0 Å². The topological polar surface area (TPSA) is 66.0 Å². The highest BCUT2D eigenvalue weighted by molar-refractivity contribution is 5.89. The zero-order chi connectivity index (χ0) is 16.1. The Kier molecular flexibility index (Phi) is 4.99. The lowest BCUT2D eigenvalue weighted by Gasteiger charge is -2.11. The van der Waals surface area contributed by atoms with Crippen molar-refractivity contribution in [1.82, 2.24) is 10.3 Å². The molecule has 116 valence electrons. The van der Waals surface area contributed by atoms with Crippen molar-refractivity contribution in [2.24, 2.45) is 0 Å². The van der Waals surface area contributed by atoms with Gasteiger partial charge in [-0.2, -0.15) is 0 Å². The van der Waals surface area contributed by atoms with E-state index in [-0.39, 0.29) is 12.1 Å². The molecule has 0 fully saturated rings. The summed E-state index contributed by atoms with van der Waals surface area (Å²) in [5.41, 5.74) is 4.14. The van der Waals surface area contributed by atoms with E-state index in [9.17, 15) is 4.79 Å². The molecule has 0 aliphatic carbocycles. The molecule has 5 heteroatoms. The van der Waals surface area contributed by atoms with Crippen molar-refractivity contribution in [3.8, 4) is 0 Å². The van der Waals surface area contributed by atoms with Gasteiger partial charge in [0.15, 0.2) is 0 Å². The maximum atomic E-state index is 11.6. The van der Waals surface area contributed by atoms with Crippen molar-refractivity contribution in [2.45, 2.75) is 33.7 Å². The maximum absolute atomic E-state index is 11.6. The van der Waals surface area contributed by atoms with Crippen LogP contribution in [-0.4, -0.2) is 17.1 Å². The minimum atomic E-state index is -0.230. The number of aromatic nitrogens is 1. The molecule has 0 saturated heterocycles. The van der Waals surface area contributed by atoms with E-state index < -0.39 is 0 Å². The molecule has 2 amide bonds. The largest absolute Gasteiger partial charge is 0.340 e. The Morgan fingerprint density at radius 3 is 2.36 bits per heavy atom. The molecule has 0 bridgehead atoms. The van der Waals surface area contributed by atoms with Gasteiger partial charge in [-0.3, -0.25) is 0 Å². The van der Waals surface area contributed by atoms with E-state index in [1.807, 2.05) is 32.0 Å². The van der Waals surface area contributed by atoms with Gasteiger partial charge in [-0.05, 0) is 63.1 Å². The van der Waals surface area contributed by atoms with Gasteiger partial charge < -0.3 is 16.0 Å². The second-order valence-electron chi connectivity index (χ2n) is 5.61. The summed E-state index contributed by atoms with van der Waals surface area (Å²) in [6.07, 6.45) is 1.63. The molecule has 1 heterocycles. The van der Waals surface area contributed by atoms with Gasteiger partial charge in [0.1, 0.15) is 5.82 Å². The molecule has 0 unspecified atom stereocenters. The van der Waals surface area contributed by atoms with E-state index in [1.54, 1.807) is 6.20 Å². The van der Waals surface area contributed by atoms with Gasteiger partial charge in [0, 0.05) is 11.7 Å². The normalized spacial score (nSPS) is 10.4. The van der Waals surface area contributed by atoms with Crippen LogP contribution < -0.4 is 16.0 Å². The molecule has 2 aromatic rings. The lowest BCUT2D eigenvalue weighted by atomic mass is 10.1. The Hall–Kier alpha value is -2.56. The Morgan fingerprint density at radius 2 is 1.77 bits per heavy atom. The third kappa shape index (κ3) is 4.48. The Balaban J connectivity index is 1.99. The predicted octanol–water partition coefficient (Wildman–Crippen LogP) is 3.97. The van der Waals surface area contributed by atoms with Gasteiger partial charge in [0.05, 0.1) is 11.9 Å². The Morgan fingerprint density at radius 1 is 1.05 bits per heavy atom. The van der Waals surface area contributed by atoms with Crippen LogP contribution in [0.3, 0.4) is 0 Å². The zero-order valence-electron chi connectivity index (χ0n) is 13.4. The quantitative estimate of drug-likeness (QED) is 0.800. The number of carbonyl (C=O) groups excluding carboxylic acids is 1. The van der Waals surface area contributed by atoms with E-state index in [1.165, 1.54) is 11.1 Å². The fraction of sp³-hybridized carbons (Fsp3) is 0.294. The van der Waals surface area contributed by atoms with Crippen molar-refractivity contribution in [2.75, 3.05) is 10.6 Å². The van der Waals surface area contributed by atoms with Gasteiger partial charge in [0.2, 0.25) is 0 Å². The number of nitrogens with one attached hydrogen (secondary N) is 3. The van der Waals surface area contributed by atoms with E-state index in [4.69, 9.17) is 0 Å². The van der Waals surface area contributed by atoms with E-state index >= 15 is 0 Å². The van der Waals surface area contributed by atoms with E-state index in [2.05, 4.69) is 46.9 Å². The van der Waals surface area contributed by atoms with Crippen LogP contribution in [-0.2, 0) is 0 Å². The Labute approximate surface area is 131 Å². The summed E-state index contributed by atoms with van der Waals surface area (Å²) in [6.45, 7) is 7.98. The lowest BCUT2D eigenvalue weighted by molar-refractivity contribution is 0.250. The number of pyridine rings is 1. The summed E-state index contributed by atoms with van der Waals surface area (Å²) in [7, 11) is 0. The number of amides is 2. The average molecular weight is 298 g/mol. The van der Waals surface area contributed by atoms with E-state index in [0.717, 1.165) is 11.5 Å². The number of anilines is 3. The third-order valence-corrected chi connectivity index (χ3v) is 3.22. The first-order valence-corrected chi connectivity index (χ1v) is 7.32. The second-order valence-corrected chi connectivity index (χ2v) is 5.61. The lowest BCUT2D eigenvalue weighted by Crippen LogP contribution is -2.34. The smallest absolute Gasteiger partial charge is 0.319 e. The van der Waals surface area contributed by atoms with E-state index in [0.29, 0.717) is 5.69 Å². The van der Waals surface area contributed by atoms with Gasteiger partial charge in [-0.1, -0.05) is 6.07 Å².